The summed E-state index contributed by atoms with van der Waals surface area (Å²) in [6.07, 6.45) is 0.829. The van der Waals surface area contributed by atoms with E-state index in [0.717, 1.165) is 27.6 Å². The van der Waals surface area contributed by atoms with E-state index in [4.69, 9.17) is 5.73 Å². The molecule has 2 N–H and O–H groups in total. The van der Waals surface area contributed by atoms with Crippen LogP contribution in [0.3, 0.4) is 0 Å². The fourth-order valence-corrected chi connectivity index (χ4v) is 2.25. The fourth-order valence-electron chi connectivity index (χ4n) is 1.77. The highest BCUT2D eigenvalue weighted by Crippen LogP contribution is 2.29. The first-order chi connectivity index (χ1) is 8.20. The number of halogens is 2. The van der Waals surface area contributed by atoms with Crippen molar-refractivity contribution in [3.63, 3.8) is 0 Å². The summed E-state index contributed by atoms with van der Waals surface area (Å²) in [6.45, 7) is 0.615. The number of benzene rings is 2. The Bertz CT molecular complexity index is 525. The van der Waals surface area contributed by atoms with Crippen molar-refractivity contribution in [1.29, 1.82) is 0 Å². The molecule has 0 atom stereocenters. The van der Waals surface area contributed by atoms with Crippen LogP contribution in [0.15, 0.2) is 46.9 Å². The molecule has 0 radical (unpaired) electrons. The minimum absolute atomic E-state index is 0.223. The zero-order chi connectivity index (χ0) is 12.3. The van der Waals surface area contributed by atoms with Crippen LogP contribution in [0.25, 0.3) is 11.1 Å². The van der Waals surface area contributed by atoms with Gasteiger partial charge in [-0.2, -0.15) is 0 Å². The molecule has 0 aromatic heterocycles. The molecule has 0 aliphatic heterocycles. The minimum atomic E-state index is -0.223. The summed E-state index contributed by atoms with van der Waals surface area (Å²) in [6, 6.07) is 12.6. The SMILES string of the molecule is NCCc1ccc(Br)c(-c2cccc(F)c2)c1. The molecular formula is C14H13BrFN. The van der Waals surface area contributed by atoms with Crippen molar-refractivity contribution in [1.82, 2.24) is 0 Å². The minimum Gasteiger partial charge on any atom is -0.330 e. The van der Waals surface area contributed by atoms with Crippen LogP contribution in [0.5, 0.6) is 0 Å². The summed E-state index contributed by atoms with van der Waals surface area (Å²) < 4.78 is 14.2. The molecule has 0 unspecified atom stereocenters. The molecule has 3 heteroatoms. The Morgan fingerprint density at radius 3 is 2.65 bits per heavy atom. The van der Waals surface area contributed by atoms with Crippen LogP contribution in [0.1, 0.15) is 5.56 Å². The van der Waals surface area contributed by atoms with E-state index in [0.29, 0.717) is 6.54 Å². The number of rotatable bonds is 3. The van der Waals surface area contributed by atoms with Crippen LogP contribution < -0.4 is 5.73 Å². The zero-order valence-corrected chi connectivity index (χ0v) is 10.9. The number of nitrogens with two attached hydrogens (primary N) is 1. The van der Waals surface area contributed by atoms with E-state index in [-0.39, 0.29) is 5.82 Å². The Kier molecular flexibility index (Phi) is 3.92. The number of hydrogen-bond acceptors (Lipinski definition) is 1. The maximum absolute atomic E-state index is 13.2. The van der Waals surface area contributed by atoms with Gasteiger partial charge >= 0.3 is 0 Å². The van der Waals surface area contributed by atoms with Crippen LogP contribution in [-0.4, -0.2) is 6.54 Å². The Labute approximate surface area is 109 Å². The normalized spacial score (nSPS) is 10.5. The number of hydrogen-bond donors (Lipinski definition) is 1. The van der Waals surface area contributed by atoms with Gasteiger partial charge in [-0.3, -0.25) is 0 Å². The van der Waals surface area contributed by atoms with Crippen LogP contribution >= 0.6 is 15.9 Å². The lowest BCUT2D eigenvalue weighted by molar-refractivity contribution is 0.628. The molecule has 0 fully saturated rings. The van der Waals surface area contributed by atoms with E-state index in [2.05, 4.69) is 15.9 Å². The molecule has 0 amide bonds. The first-order valence-corrected chi connectivity index (χ1v) is 6.24. The molecule has 0 saturated carbocycles. The van der Waals surface area contributed by atoms with Crippen LogP contribution in [-0.2, 0) is 6.42 Å². The second-order valence-corrected chi connectivity index (χ2v) is 4.72. The van der Waals surface area contributed by atoms with Crippen molar-refractivity contribution in [3.05, 3.63) is 58.3 Å². The summed E-state index contributed by atoms with van der Waals surface area (Å²) >= 11 is 3.49. The molecule has 88 valence electrons. The van der Waals surface area contributed by atoms with Crippen molar-refractivity contribution in [2.45, 2.75) is 6.42 Å². The van der Waals surface area contributed by atoms with Gasteiger partial charge in [0, 0.05) is 4.47 Å². The summed E-state index contributed by atoms with van der Waals surface area (Å²) in [5.41, 5.74) is 8.57. The Morgan fingerprint density at radius 1 is 1.12 bits per heavy atom. The maximum atomic E-state index is 13.2. The summed E-state index contributed by atoms with van der Waals surface area (Å²) in [5, 5.41) is 0. The van der Waals surface area contributed by atoms with Gasteiger partial charge in [0.25, 0.3) is 0 Å². The third-order valence-corrected chi connectivity index (χ3v) is 3.29. The largest absolute Gasteiger partial charge is 0.330 e. The van der Waals surface area contributed by atoms with E-state index in [1.807, 2.05) is 24.3 Å². The molecule has 0 heterocycles. The highest BCUT2D eigenvalue weighted by Gasteiger charge is 2.05. The molecule has 0 aliphatic carbocycles. The predicted molar refractivity (Wildman–Crippen MR) is 72.3 cm³/mol. The fraction of sp³-hybridized carbons (Fsp3) is 0.143. The van der Waals surface area contributed by atoms with E-state index in [9.17, 15) is 4.39 Å². The van der Waals surface area contributed by atoms with E-state index >= 15 is 0 Å². The van der Waals surface area contributed by atoms with Crippen molar-refractivity contribution in [2.24, 2.45) is 5.73 Å². The van der Waals surface area contributed by atoms with Crippen LogP contribution in [0.4, 0.5) is 4.39 Å². The lowest BCUT2D eigenvalue weighted by Gasteiger charge is -2.08. The smallest absolute Gasteiger partial charge is 0.123 e. The van der Waals surface area contributed by atoms with Gasteiger partial charge in [0.05, 0.1) is 0 Å². The molecular weight excluding hydrogens is 281 g/mol. The third-order valence-electron chi connectivity index (χ3n) is 2.60. The second kappa shape index (κ2) is 5.43. The lowest BCUT2D eigenvalue weighted by atomic mass is 10.0. The molecule has 2 rings (SSSR count). The standard InChI is InChI=1S/C14H13BrFN/c15-14-5-4-10(6-7-17)8-13(14)11-2-1-3-12(16)9-11/h1-5,8-9H,6-7,17H2. The van der Waals surface area contributed by atoms with Gasteiger partial charge in [-0.15, -0.1) is 0 Å². The van der Waals surface area contributed by atoms with Gasteiger partial charge in [0.15, 0.2) is 0 Å². The monoisotopic (exact) mass is 293 g/mol. The molecule has 17 heavy (non-hydrogen) atoms. The van der Waals surface area contributed by atoms with Crippen molar-refractivity contribution in [3.8, 4) is 11.1 Å². The average Bonchev–Trinajstić information content (AvgIpc) is 2.32. The molecule has 0 bridgehead atoms. The van der Waals surface area contributed by atoms with E-state index < -0.39 is 0 Å². The van der Waals surface area contributed by atoms with Crippen molar-refractivity contribution in [2.75, 3.05) is 6.54 Å². The highest BCUT2D eigenvalue weighted by molar-refractivity contribution is 9.10. The Morgan fingerprint density at radius 2 is 1.94 bits per heavy atom. The Balaban J connectivity index is 2.46. The van der Waals surface area contributed by atoms with Crippen molar-refractivity contribution < 1.29 is 4.39 Å². The maximum Gasteiger partial charge on any atom is 0.123 e. The first kappa shape index (κ1) is 12.3. The van der Waals surface area contributed by atoms with E-state index in [1.165, 1.54) is 12.1 Å². The van der Waals surface area contributed by atoms with Crippen LogP contribution in [0, 0.1) is 5.82 Å². The zero-order valence-electron chi connectivity index (χ0n) is 9.29. The molecule has 1 nitrogen and oxygen atoms in total. The predicted octanol–water partition coefficient (Wildman–Crippen LogP) is 3.76. The topological polar surface area (TPSA) is 26.0 Å². The molecule has 0 spiro atoms. The van der Waals surface area contributed by atoms with Gasteiger partial charge < -0.3 is 5.73 Å². The highest BCUT2D eigenvalue weighted by atomic mass is 79.9. The van der Waals surface area contributed by atoms with Gasteiger partial charge in [-0.05, 0) is 53.9 Å². The molecule has 0 saturated heterocycles. The third kappa shape index (κ3) is 2.93. The second-order valence-electron chi connectivity index (χ2n) is 3.86. The van der Waals surface area contributed by atoms with Gasteiger partial charge in [-0.1, -0.05) is 34.1 Å². The summed E-state index contributed by atoms with van der Waals surface area (Å²) in [7, 11) is 0. The summed E-state index contributed by atoms with van der Waals surface area (Å²) in [5.74, 6) is -0.223. The van der Waals surface area contributed by atoms with Gasteiger partial charge in [-0.25, -0.2) is 4.39 Å². The molecule has 2 aromatic carbocycles. The van der Waals surface area contributed by atoms with Crippen LogP contribution in [0.2, 0.25) is 0 Å². The Hall–Kier alpha value is -1.19. The van der Waals surface area contributed by atoms with Gasteiger partial charge in [0.2, 0.25) is 0 Å². The lowest BCUT2D eigenvalue weighted by Crippen LogP contribution is -2.02. The quantitative estimate of drug-likeness (QED) is 0.916. The average molecular weight is 294 g/mol. The van der Waals surface area contributed by atoms with Gasteiger partial charge in [0.1, 0.15) is 5.82 Å². The molecule has 0 aliphatic rings. The van der Waals surface area contributed by atoms with Crippen molar-refractivity contribution >= 4 is 15.9 Å². The first-order valence-electron chi connectivity index (χ1n) is 5.45. The van der Waals surface area contributed by atoms with E-state index in [1.54, 1.807) is 6.07 Å². The summed E-state index contributed by atoms with van der Waals surface area (Å²) in [4.78, 5) is 0. The molecule has 2 aromatic rings.